The molecule has 2 aliphatic rings. The van der Waals surface area contributed by atoms with Crippen molar-refractivity contribution in [2.45, 2.75) is 57.8 Å². The zero-order valence-corrected chi connectivity index (χ0v) is 14.2. The maximum Gasteiger partial charge on any atom is 0.252 e. The van der Waals surface area contributed by atoms with Crippen LogP contribution in [0.5, 0.6) is 0 Å². The molecule has 0 radical (unpaired) electrons. The molecule has 2 aromatic heterocycles. The van der Waals surface area contributed by atoms with Gasteiger partial charge in [0.05, 0.1) is 17.3 Å². The van der Waals surface area contributed by atoms with Crippen molar-refractivity contribution in [1.29, 1.82) is 0 Å². The Morgan fingerprint density at radius 3 is 3.09 bits per heavy atom. The summed E-state index contributed by atoms with van der Waals surface area (Å²) >= 11 is 1.74. The standard InChI is InChI=1S/C16H22N4O2S/c1-11-14(23-10-17-11)8-20-6-2-3-13(7-20)21-9-15-18-16(19-22-15)12-4-5-12/h10,12-13H,2-9H2,1H3. The molecule has 3 heterocycles. The molecule has 1 saturated carbocycles. The molecule has 1 aliphatic carbocycles. The Morgan fingerprint density at radius 1 is 1.39 bits per heavy atom. The summed E-state index contributed by atoms with van der Waals surface area (Å²) in [6, 6.07) is 0. The van der Waals surface area contributed by atoms with Crippen molar-refractivity contribution < 1.29 is 9.26 Å². The van der Waals surface area contributed by atoms with Gasteiger partial charge in [-0.25, -0.2) is 4.98 Å². The van der Waals surface area contributed by atoms with Crippen molar-refractivity contribution in [3.8, 4) is 0 Å². The highest BCUT2D eigenvalue weighted by Crippen LogP contribution is 2.38. The number of thiazole rings is 1. The summed E-state index contributed by atoms with van der Waals surface area (Å²) in [4.78, 5) is 12.6. The van der Waals surface area contributed by atoms with Crippen LogP contribution < -0.4 is 0 Å². The average molecular weight is 334 g/mol. The molecule has 0 spiro atoms. The molecule has 23 heavy (non-hydrogen) atoms. The minimum absolute atomic E-state index is 0.244. The number of rotatable bonds is 6. The van der Waals surface area contributed by atoms with Crippen molar-refractivity contribution >= 4 is 11.3 Å². The van der Waals surface area contributed by atoms with Crippen LogP contribution in [-0.4, -0.2) is 39.2 Å². The van der Waals surface area contributed by atoms with Gasteiger partial charge in [-0.15, -0.1) is 11.3 Å². The molecule has 6 nitrogen and oxygen atoms in total. The van der Waals surface area contributed by atoms with Gasteiger partial charge in [-0.05, 0) is 39.2 Å². The molecule has 0 bridgehead atoms. The number of piperidine rings is 1. The lowest BCUT2D eigenvalue weighted by Crippen LogP contribution is -2.39. The van der Waals surface area contributed by atoms with Gasteiger partial charge in [0.2, 0.25) is 0 Å². The van der Waals surface area contributed by atoms with Gasteiger partial charge < -0.3 is 9.26 Å². The molecule has 124 valence electrons. The highest BCUT2D eigenvalue weighted by atomic mass is 32.1. The van der Waals surface area contributed by atoms with E-state index in [1.165, 1.54) is 24.1 Å². The van der Waals surface area contributed by atoms with Gasteiger partial charge in [0.1, 0.15) is 6.61 Å². The predicted octanol–water partition coefficient (Wildman–Crippen LogP) is 2.89. The van der Waals surface area contributed by atoms with Gasteiger partial charge in [-0.1, -0.05) is 5.16 Å². The van der Waals surface area contributed by atoms with Crippen molar-refractivity contribution in [3.63, 3.8) is 0 Å². The zero-order chi connectivity index (χ0) is 15.6. The van der Waals surface area contributed by atoms with Crippen LogP contribution >= 0.6 is 11.3 Å². The Hall–Kier alpha value is -1.31. The summed E-state index contributed by atoms with van der Waals surface area (Å²) in [6.45, 7) is 5.57. The minimum atomic E-state index is 0.244. The Morgan fingerprint density at radius 2 is 2.30 bits per heavy atom. The highest BCUT2D eigenvalue weighted by Gasteiger charge is 2.29. The van der Waals surface area contributed by atoms with Gasteiger partial charge in [-0.3, -0.25) is 4.90 Å². The molecule has 2 aromatic rings. The average Bonchev–Trinajstić information content (AvgIpc) is 3.18. The van der Waals surface area contributed by atoms with Crippen LogP contribution in [0, 0.1) is 6.92 Å². The molecular formula is C16H22N4O2S. The summed E-state index contributed by atoms with van der Waals surface area (Å²) in [6.07, 6.45) is 4.89. The summed E-state index contributed by atoms with van der Waals surface area (Å²) in [5, 5.41) is 4.03. The largest absolute Gasteiger partial charge is 0.367 e. The molecule has 1 atom stereocenters. The third kappa shape index (κ3) is 3.79. The molecule has 2 fully saturated rings. The van der Waals surface area contributed by atoms with E-state index in [-0.39, 0.29) is 6.10 Å². The lowest BCUT2D eigenvalue weighted by Gasteiger charge is -2.32. The first kappa shape index (κ1) is 15.2. The van der Waals surface area contributed by atoms with E-state index in [0.717, 1.165) is 37.6 Å². The van der Waals surface area contributed by atoms with Crippen LogP contribution in [0.3, 0.4) is 0 Å². The fourth-order valence-corrected chi connectivity index (χ4v) is 3.82. The van der Waals surface area contributed by atoms with Crippen LogP contribution in [0.25, 0.3) is 0 Å². The van der Waals surface area contributed by atoms with Crippen molar-refractivity contribution in [3.05, 3.63) is 27.8 Å². The van der Waals surface area contributed by atoms with Crippen LogP contribution in [0.2, 0.25) is 0 Å². The normalized spacial score (nSPS) is 22.6. The Bertz CT molecular complexity index is 652. The molecule has 4 rings (SSSR count). The van der Waals surface area contributed by atoms with Crippen molar-refractivity contribution in [1.82, 2.24) is 20.0 Å². The van der Waals surface area contributed by atoms with E-state index in [2.05, 4.69) is 26.9 Å². The second kappa shape index (κ2) is 6.67. The van der Waals surface area contributed by atoms with Gasteiger partial charge >= 0.3 is 0 Å². The van der Waals surface area contributed by atoms with Crippen LogP contribution in [0.15, 0.2) is 10.0 Å². The third-order valence-corrected chi connectivity index (χ3v) is 5.46. The van der Waals surface area contributed by atoms with E-state index in [1.807, 2.05) is 5.51 Å². The quantitative estimate of drug-likeness (QED) is 0.809. The molecule has 1 saturated heterocycles. The maximum absolute atomic E-state index is 6.01. The first-order valence-corrected chi connectivity index (χ1v) is 9.21. The van der Waals surface area contributed by atoms with E-state index in [0.29, 0.717) is 18.4 Å². The van der Waals surface area contributed by atoms with Crippen LogP contribution in [-0.2, 0) is 17.9 Å². The Balaban J connectivity index is 1.27. The Kier molecular flexibility index (Phi) is 4.41. The fourth-order valence-electron chi connectivity index (χ4n) is 3.00. The topological polar surface area (TPSA) is 64.3 Å². The van der Waals surface area contributed by atoms with Gasteiger partial charge in [-0.2, -0.15) is 4.98 Å². The molecule has 0 aromatic carbocycles. The minimum Gasteiger partial charge on any atom is -0.367 e. The first-order chi connectivity index (χ1) is 11.3. The van der Waals surface area contributed by atoms with Crippen LogP contribution in [0.4, 0.5) is 0 Å². The number of nitrogens with zero attached hydrogens (tertiary/aromatic N) is 4. The molecule has 0 N–H and O–H groups in total. The first-order valence-electron chi connectivity index (χ1n) is 8.33. The van der Waals surface area contributed by atoms with E-state index in [9.17, 15) is 0 Å². The van der Waals surface area contributed by atoms with Gasteiger partial charge in [0, 0.05) is 23.9 Å². The number of aryl methyl sites for hydroxylation is 1. The van der Waals surface area contributed by atoms with E-state index >= 15 is 0 Å². The van der Waals surface area contributed by atoms with Crippen LogP contribution in [0.1, 0.15) is 53.9 Å². The summed E-state index contributed by atoms with van der Waals surface area (Å²) in [7, 11) is 0. The monoisotopic (exact) mass is 334 g/mol. The lowest BCUT2D eigenvalue weighted by molar-refractivity contribution is -0.0209. The number of ether oxygens (including phenoxy) is 1. The summed E-state index contributed by atoms with van der Waals surface area (Å²) < 4.78 is 11.3. The second-order valence-electron chi connectivity index (χ2n) is 6.49. The Labute approximate surface area is 139 Å². The molecule has 1 unspecified atom stereocenters. The summed E-state index contributed by atoms with van der Waals surface area (Å²) in [5.74, 6) is 2.00. The zero-order valence-electron chi connectivity index (χ0n) is 13.4. The molecule has 7 heteroatoms. The number of hydrogen-bond acceptors (Lipinski definition) is 7. The lowest BCUT2D eigenvalue weighted by atomic mass is 10.1. The van der Waals surface area contributed by atoms with Gasteiger partial charge in [0.25, 0.3) is 5.89 Å². The van der Waals surface area contributed by atoms with Crippen molar-refractivity contribution in [2.24, 2.45) is 0 Å². The van der Waals surface area contributed by atoms with Gasteiger partial charge in [0.15, 0.2) is 5.82 Å². The highest BCUT2D eigenvalue weighted by molar-refractivity contribution is 7.09. The molecular weight excluding hydrogens is 312 g/mol. The van der Waals surface area contributed by atoms with E-state index in [1.54, 1.807) is 11.3 Å². The smallest absolute Gasteiger partial charge is 0.252 e. The van der Waals surface area contributed by atoms with E-state index < -0.39 is 0 Å². The maximum atomic E-state index is 6.01. The summed E-state index contributed by atoms with van der Waals surface area (Å²) in [5.41, 5.74) is 3.08. The van der Waals surface area contributed by atoms with Crippen molar-refractivity contribution in [2.75, 3.05) is 13.1 Å². The fraction of sp³-hybridized carbons (Fsp3) is 0.688. The molecule has 0 amide bonds. The third-order valence-electron chi connectivity index (χ3n) is 4.54. The number of aromatic nitrogens is 3. The second-order valence-corrected chi connectivity index (χ2v) is 7.43. The SMILES string of the molecule is Cc1ncsc1CN1CCCC(OCc2nc(C3CC3)no2)C1. The number of hydrogen-bond donors (Lipinski definition) is 0. The number of likely N-dealkylation sites (tertiary alicyclic amines) is 1. The predicted molar refractivity (Wildman–Crippen MR) is 86.2 cm³/mol. The molecule has 1 aliphatic heterocycles. The van der Waals surface area contributed by atoms with E-state index in [4.69, 9.17) is 9.26 Å².